The summed E-state index contributed by atoms with van der Waals surface area (Å²) in [5.41, 5.74) is 1.71. The van der Waals surface area contributed by atoms with Gasteiger partial charge in [0, 0.05) is 23.2 Å². The fourth-order valence-corrected chi connectivity index (χ4v) is 23.0. The zero-order valence-electron chi connectivity index (χ0n) is 63.5. The number of hydrogen-bond donors (Lipinski definition) is 0. The maximum atomic E-state index is 15.3. The van der Waals surface area contributed by atoms with Gasteiger partial charge in [0.2, 0.25) is 0 Å². The van der Waals surface area contributed by atoms with E-state index in [1.165, 1.54) is 0 Å². The molecule has 544 valence electrons. The van der Waals surface area contributed by atoms with Gasteiger partial charge in [-0.05, 0) is 165 Å². The van der Waals surface area contributed by atoms with Crippen LogP contribution in [0.5, 0.6) is 5.75 Å². The highest BCUT2D eigenvalue weighted by atomic mass is 127. The lowest BCUT2D eigenvalue weighted by Gasteiger charge is -2.56. The van der Waals surface area contributed by atoms with E-state index in [-0.39, 0.29) is 94.3 Å². The summed E-state index contributed by atoms with van der Waals surface area (Å²) in [5.74, 6) is 0.772. The van der Waals surface area contributed by atoms with Crippen LogP contribution in [0.3, 0.4) is 0 Å². The van der Waals surface area contributed by atoms with E-state index in [0.29, 0.717) is 31.8 Å². The topological polar surface area (TPSA) is 137 Å². The zero-order valence-corrected chi connectivity index (χ0v) is 69.7. The molecule has 0 saturated carbocycles. The van der Waals surface area contributed by atoms with Crippen molar-refractivity contribution in [1.82, 2.24) is 0 Å². The number of carbonyl (C=O) groups is 1. The third-order valence-electron chi connectivity index (χ3n) is 25.0. The Kier molecular flexibility index (Phi) is 27.2. The molecule has 0 aliphatic carbocycles. The third-order valence-corrected chi connectivity index (χ3v) is 44.4. The summed E-state index contributed by atoms with van der Waals surface area (Å²) in [5, 5.41) is -0.456. The van der Waals surface area contributed by atoms with Crippen molar-refractivity contribution in [3.8, 4) is 5.75 Å². The highest BCUT2D eigenvalue weighted by Gasteiger charge is 2.60. The summed E-state index contributed by atoms with van der Waals surface area (Å²) in [7, 11) is -8.34. The van der Waals surface area contributed by atoms with Gasteiger partial charge in [-0.15, -0.1) is 0 Å². The van der Waals surface area contributed by atoms with Crippen molar-refractivity contribution in [2.24, 2.45) is 17.8 Å². The van der Waals surface area contributed by atoms with Crippen LogP contribution in [0.1, 0.15) is 200 Å². The Morgan fingerprint density at radius 2 is 1.21 bits per heavy atom. The van der Waals surface area contributed by atoms with Crippen molar-refractivity contribution in [1.29, 1.82) is 0 Å². The second-order valence-electron chi connectivity index (χ2n) is 34.8. The second kappa shape index (κ2) is 32.4. The van der Waals surface area contributed by atoms with E-state index in [9.17, 15) is 0 Å². The molecule has 7 bridgehead atoms. The fraction of sp³-hybridized carbons (Fsp3) is 0.855. The van der Waals surface area contributed by atoms with E-state index < -0.39 is 87.7 Å². The monoisotopic (exact) mass is 1510 g/mol. The Bertz CT molecular complexity index is 2640. The molecule has 6 saturated heterocycles. The highest BCUT2D eigenvalue weighted by molar-refractivity contribution is 14.1. The van der Waals surface area contributed by atoms with Gasteiger partial charge in [0.05, 0.1) is 93.4 Å². The van der Waals surface area contributed by atoms with Crippen LogP contribution < -0.4 is 4.74 Å². The molecule has 9 aliphatic heterocycles. The molecule has 95 heavy (non-hydrogen) atoms. The fourth-order valence-electron chi connectivity index (χ4n) is 15.3. The molecule has 6 fully saturated rings. The molecule has 1 aromatic rings. The van der Waals surface area contributed by atoms with Crippen molar-refractivity contribution in [3.63, 3.8) is 0 Å². The second-order valence-corrected chi connectivity index (χ2v) is 54.5. The molecule has 1 aromatic carbocycles. The Labute approximate surface area is 594 Å². The summed E-state index contributed by atoms with van der Waals surface area (Å²) in [6, 6.07) is 11.2. The van der Waals surface area contributed by atoms with Crippen LogP contribution in [0.2, 0.25) is 72.5 Å². The number of fused-ring (bicyclic) bond motifs is 3. The lowest BCUT2D eigenvalue weighted by Crippen LogP contribution is -2.69. The molecule has 5 unspecified atom stereocenters. The Morgan fingerprint density at radius 1 is 0.621 bits per heavy atom. The highest BCUT2D eigenvalue weighted by Crippen LogP contribution is 2.51. The number of hydrogen-bond acceptors (Lipinski definition) is 14. The van der Waals surface area contributed by atoms with Gasteiger partial charge in [0.25, 0.3) is 0 Å². The van der Waals surface area contributed by atoms with Crippen molar-refractivity contribution < 1.29 is 65.1 Å². The van der Waals surface area contributed by atoms with E-state index in [2.05, 4.69) is 197 Å². The van der Waals surface area contributed by atoms with Crippen LogP contribution in [-0.4, -0.2) is 160 Å². The largest absolute Gasteiger partial charge is 0.497 e. The predicted molar refractivity (Wildman–Crippen MR) is 401 cm³/mol. The van der Waals surface area contributed by atoms with Gasteiger partial charge in [0.1, 0.15) is 41.9 Å². The smallest absolute Gasteiger partial charge is 0.308 e. The Balaban J connectivity index is 1.26. The summed E-state index contributed by atoms with van der Waals surface area (Å²) in [6.45, 7) is 56.1. The minimum absolute atomic E-state index is 0.00720. The molecule has 19 heteroatoms. The number of benzene rings is 1. The maximum Gasteiger partial charge on any atom is 0.308 e. The average Bonchev–Trinajstić information content (AvgIpc) is 0.936. The predicted octanol–water partition coefficient (Wildman–Crippen LogP) is 18.6. The molecule has 10 rings (SSSR count). The number of carbonyl (C=O) groups excluding carboxylic acids is 1. The van der Waals surface area contributed by atoms with Crippen LogP contribution in [0.15, 0.2) is 48.6 Å². The minimum atomic E-state index is -2.63. The van der Waals surface area contributed by atoms with Gasteiger partial charge >= 0.3 is 5.97 Å². The first-order valence-corrected chi connectivity index (χ1v) is 50.2. The number of rotatable bonds is 18. The number of methoxy groups -OCH3 is 1. The minimum Gasteiger partial charge on any atom is -0.497 e. The van der Waals surface area contributed by atoms with Gasteiger partial charge in [-0.1, -0.05) is 171 Å². The first kappa shape index (κ1) is 79.8. The first-order chi connectivity index (χ1) is 44.4. The van der Waals surface area contributed by atoms with Crippen molar-refractivity contribution in [3.05, 3.63) is 54.1 Å². The SMILES string of the molecule is C=C1C(O[Si](CC)(CC)CC)C[C@@H]2OC3C[C@@H](C)[C@@H](CCC)O[C@H]3[C@H](C)[C@H]2OC(=O)CC2CC[C@@H]3O[C@H]([C@@H](O[Si](C)(C)C(C)(C)C)[C@@H](O[Si](C)(C)C(C)(C)C)[C@H]3O2)[C@@H](O[Si](C)(C)C(C)(C)C)/C=C/C(OCc2ccc(OC)cc2)CC[C@H]2C[C@]3(CI)OC(CC[C@@H]3O2)C[C@H]1C. The zero-order chi connectivity index (χ0) is 70.0. The number of ether oxygens (including phenoxy) is 9. The molecule has 0 aromatic heterocycles. The number of alkyl halides is 1. The number of halogens is 1. The van der Waals surface area contributed by atoms with E-state index in [4.69, 9.17) is 66.9 Å². The van der Waals surface area contributed by atoms with Gasteiger partial charge < -0.3 is 60.3 Å². The molecular weight excluding hydrogens is 1380 g/mol. The van der Waals surface area contributed by atoms with Crippen LogP contribution in [-0.2, 0) is 67.0 Å². The van der Waals surface area contributed by atoms with Crippen LogP contribution in [0.25, 0.3) is 0 Å². The van der Waals surface area contributed by atoms with Crippen LogP contribution in [0.4, 0.5) is 0 Å². The maximum absolute atomic E-state index is 15.3. The van der Waals surface area contributed by atoms with E-state index in [1.807, 2.05) is 12.1 Å². The van der Waals surface area contributed by atoms with Crippen molar-refractivity contribution in [2.75, 3.05) is 11.5 Å². The van der Waals surface area contributed by atoms with Gasteiger partial charge in [-0.25, -0.2) is 0 Å². The van der Waals surface area contributed by atoms with Gasteiger partial charge in [-0.3, -0.25) is 4.79 Å². The molecular formula is C76H133IO14Si4. The standard InChI is InChI=1S/C76H133IO14Si4/c1-25-29-59-50(6)43-63-67(84-59)52(8)68-64(83-63)45-62(89-95(26-2,27-3)28-4)51(7)49(5)42-57-38-41-65-76(48-77,87-57)46-58(81-65)35-34-55(80-47-53-30-32-54(79-18)33-31-53)36-40-61(88-92(19,20)73(9,10)11)70-72(91-94(23,24)75(15,16)17)71(90-93(21,22)74(12,13)14)69-60(85-70)39-37-56(82-69)44-66(78)86-68/h30-33,36,40,49-50,52,55-65,67-72H,7,25-29,34-35,37-39,41-48H2,1-6,8-24H3/b40-36+/t49-,50-,52+,55?,56?,57?,58+,59-,60+,61+,62?,63?,64+,65+,67+,68-,69+,70+,71+,72-,76-/m1/s1. The Morgan fingerprint density at radius 3 is 1.80 bits per heavy atom. The summed E-state index contributed by atoms with van der Waals surface area (Å²) in [6.07, 6.45) is 8.61. The molecule has 9 aliphatic rings. The summed E-state index contributed by atoms with van der Waals surface area (Å²) >= 11 is 2.56. The molecule has 0 N–H and O–H groups in total. The van der Waals surface area contributed by atoms with E-state index in [0.717, 1.165) is 97.2 Å². The molecule has 0 spiro atoms. The van der Waals surface area contributed by atoms with E-state index in [1.54, 1.807) is 7.11 Å². The lowest BCUT2D eigenvalue weighted by atomic mass is 9.78. The van der Waals surface area contributed by atoms with Gasteiger partial charge in [-0.2, -0.15) is 0 Å². The summed E-state index contributed by atoms with van der Waals surface area (Å²) in [4.78, 5) is 15.3. The van der Waals surface area contributed by atoms with E-state index >= 15 is 4.79 Å². The summed E-state index contributed by atoms with van der Waals surface area (Å²) < 4.78 is 96.3. The molecule has 0 radical (unpaired) electrons. The Hall–Kier alpha value is -0.872. The average molecular weight is 1510 g/mol. The first-order valence-electron chi connectivity index (χ1n) is 37.4. The third kappa shape index (κ3) is 18.9. The van der Waals surface area contributed by atoms with Crippen molar-refractivity contribution >= 4 is 61.8 Å². The normalized spacial score (nSPS) is 37.3. The molecule has 0 amide bonds. The lowest BCUT2D eigenvalue weighted by molar-refractivity contribution is -0.270. The number of esters is 1. The molecule has 9 heterocycles. The van der Waals surface area contributed by atoms with Crippen LogP contribution >= 0.6 is 22.6 Å². The van der Waals surface area contributed by atoms with Gasteiger partial charge in [0.15, 0.2) is 33.3 Å². The van der Waals surface area contributed by atoms with Crippen molar-refractivity contribution in [2.45, 2.75) is 383 Å². The van der Waals surface area contributed by atoms with Crippen LogP contribution in [0, 0.1) is 17.8 Å². The molecule has 14 nitrogen and oxygen atoms in total. The quantitative estimate of drug-likeness (QED) is 0.0453. The molecule has 21 atom stereocenters.